The minimum atomic E-state index is -0.468. The Balaban J connectivity index is 1.57. The minimum Gasteiger partial charge on any atom is -0.386 e. The van der Waals surface area contributed by atoms with E-state index in [2.05, 4.69) is 6.07 Å². The van der Waals surface area contributed by atoms with Crippen molar-refractivity contribution in [2.45, 2.75) is 37.9 Å². The number of rotatable bonds is 3. The standard InChI is InChI=1S/C16H22O3/c17-16-14-4-2-1-3-13(14)5-6-15(16)19-11-12-7-9-18-10-8-12/h1-4,12,15-17H,5-11H2. The molecular weight excluding hydrogens is 240 g/mol. The molecule has 1 N–H and O–H groups in total. The maximum Gasteiger partial charge on any atom is 0.105 e. The number of aliphatic hydroxyl groups excluding tert-OH is 1. The van der Waals surface area contributed by atoms with Crippen LogP contribution in [0.4, 0.5) is 0 Å². The summed E-state index contributed by atoms with van der Waals surface area (Å²) in [7, 11) is 0. The molecule has 1 aromatic rings. The van der Waals surface area contributed by atoms with Crippen molar-refractivity contribution in [1.29, 1.82) is 0 Å². The highest BCUT2D eigenvalue weighted by atomic mass is 16.5. The summed E-state index contributed by atoms with van der Waals surface area (Å²) < 4.78 is 11.3. The predicted molar refractivity (Wildman–Crippen MR) is 73.0 cm³/mol. The van der Waals surface area contributed by atoms with Gasteiger partial charge in [-0.25, -0.2) is 0 Å². The average Bonchev–Trinajstić information content (AvgIpc) is 2.48. The molecule has 19 heavy (non-hydrogen) atoms. The van der Waals surface area contributed by atoms with E-state index >= 15 is 0 Å². The highest BCUT2D eigenvalue weighted by Gasteiger charge is 2.29. The number of hydrogen-bond donors (Lipinski definition) is 1. The quantitative estimate of drug-likeness (QED) is 0.909. The Hall–Kier alpha value is -0.900. The minimum absolute atomic E-state index is 0.0438. The number of aryl methyl sites for hydroxylation is 1. The zero-order valence-corrected chi connectivity index (χ0v) is 11.3. The number of aliphatic hydroxyl groups is 1. The van der Waals surface area contributed by atoms with E-state index in [1.54, 1.807) is 0 Å². The van der Waals surface area contributed by atoms with Gasteiger partial charge >= 0.3 is 0 Å². The third-order valence-electron chi connectivity index (χ3n) is 4.31. The van der Waals surface area contributed by atoms with Crippen molar-refractivity contribution in [3.63, 3.8) is 0 Å². The average molecular weight is 262 g/mol. The highest BCUT2D eigenvalue weighted by Crippen LogP contribution is 2.32. The number of hydrogen-bond acceptors (Lipinski definition) is 3. The normalized spacial score (nSPS) is 28.1. The zero-order chi connectivity index (χ0) is 13.1. The van der Waals surface area contributed by atoms with Crippen LogP contribution in [0.15, 0.2) is 24.3 Å². The third kappa shape index (κ3) is 2.99. The van der Waals surface area contributed by atoms with Crippen molar-refractivity contribution in [3.8, 4) is 0 Å². The molecule has 2 aliphatic rings. The summed E-state index contributed by atoms with van der Waals surface area (Å²) in [6.45, 7) is 2.46. The molecule has 104 valence electrons. The molecule has 3 nitrogen and oxygen atoms in total. The fraction of sp³-hybridized carbons (Fsp3) is 0.625. The van der Waals surface area contributed by atoms with Crippen molar-refractivity contribution in [2.24, 2.45) is 5.92 Å². The molecule has 0 saturated carbocycles. The lowest BCUT2D eigenvalue weighted by atomic mass is 9.87. The van der Waals surface area contributed by atoms with Gasteiger partial charge in [0.15, 0.2) is 0 Å². The van der Waals surface area contributed by atoms with Gasteiger partial charge in [0.1, 0.15) is 6.10 Å². The maximum absolute atomic E-state index is 10.4. The Morgan fingerprint density at radius 1 is 1.16 bits per heavy atom. The first-order valence-corrected chi connectivity index (χ1v) is 7.30. The topological polar surface area (TPSA) is 38.7 Å². The Labute approximate surface area is 114 Å². The van der Waals surface area contributed by atoms with E-state index in [4.69, 9.17) is 9.47 Å². The van der Waals surface area contributed by atoms with Crippen LogP contribution < -0.4 is 0 Å². The van der Waals surface area contributed by atoms with Crippen molar-refractivity contribution in [3.05, 3.63) is 35.4 Å². The van der Waals surface area contributed by atoms with Crippen LogP contribution >= 0.6 is 0 Å². The SMILES string of the molecule is OC1c2ccccc2CCC1OCC1CCOCC1. The Kier molecular flexibility index (Phi) is 4.16. The Morgan fingerprint density at radius 2 is 1.95 bits per heavy atom. The molecule has 1 heterocycles. The van der Waals surface area contributed by atoms with Gasteiger partial charge in [0.2, 0.25) is 0 Å². The van der Waals surface area contributed by atoms with E-state index in [1.165, 1.54) is 5.56 Å². The fourth-order valence-corrected chi connectivity index (χ4v) is 3.05. The van der Waals surface area contributed by atoms with Crippen molar-refractivity contribution >= 4 is 0 Å². The van der Waals surface area contributed by atoms with Gasteiger partial charge in [-0.2, -0.15) is 0 Å². The van der Waals surface area contributed by atoms with Gasteiger partial charge in [0.05, 0.1) is 12.7 Å². The number of benzene rings is 1. The largest absolute Gasteiger partial charge is 0.386 e. The lowest BCUT2D eigenvalue weighted by molar-refractivity contribution is -0.0716. The molecule has 3 heteroatoms. The van der Waals surface area contributed by atoms with Crippen LogP contribution in [0.25, 0.3) is 0 Å². The van der Waals surface area contributed by atoms with Crippen LogP contribution in [0, 0.1) is 5.92 Å². The lowest BCUT2D eigenvalue weighted by Gasteiger charge is -2.32. The van der Waals surface area contributed by atoms with Gasteiger partial charge < -0.3 is 14.6 Å². The van der Waals surface area contributed by atoms with Crippen LogP contribution in [0.2, 0.25) is 0 Å². The molecule has 0 amide bonds. The van der Waals surface area contributed by atoms with Crippen molar-refractivity contribution in [1.82, 2.24) is 0 Å². The first-order chi connectivity index (χ1) is 9.34. The van der Waals surface area contributed by atoms with Crippen LogP contribution in [-0.4, -0.2) is 31.0 Å². The smallest absolute Gasteiger partial charge is 0.105 e. The summed E-state index contributed by atoms with van der Waals surface area (Å²) in [6, 6.07) is 8.15. The van der Waals surface area contributed by atoms with E-state index in [0.717, 1.165) is 51.1 Å². The summed E-state index contributed by atoms with van der Waals surface area (Å²) in [5.74, 6) is 0.595. The first-order valence-electron chi connectivity index (χ1n) is 7.30. The number of fused-ring (bicyclic) bond motifs is 1. The summed E-state index contributed by atoms with van der Waals surface area (Å²) in [5.41, 5.74) is 2.31. The second kappa shape index (κ2) is 6.04. The molecule has 1 aliphatic carbocycles. The van der Waals surface area contributed by atoms with E-state index in [1.807, 2.05) is 18.2 Å². The molecule has 0 spiro atoms. The van der Waals surface area contributed by atoms with Gasteiger partial charge in [-0.15, -0.1) is 0 Å². The molecule has 2 unspecified atom stereocenters. The molecule has 1 aromatic carbocycles. The molecule has 3 rings (SSSR count). The second-order valence-electron chi connectivity index (χ2n) is 5.61. The Morgan fingerprint density at radius 3 is 2.79 bits per heavy atom. The molecule has 0 bridgehead atoms. The summed E-state index contributed by atoms with van der Waals surface area (Å²) in [6.07, 6.45) is 3.58. The van der Waals surface area contributed by atoms with Crippen LogP contribution in [0.3, 0.4) is 0 Å². The fourth-order valence-electron chi connectivity index (χ4n) is 3.05. The molecule has 2 atom stereocenters. The molecule has 0 aromatic heterocycles. The Bertz CT molecular complexity index is 412. The van der Waals surface area contributed by atoms with Crippen molar-refractivity contribution < 1.29 is 14.6 Å². The van der Waals surface area contributed by atoms with Crippen molar-refractivity contribution in [2.75, 3.05) is 19.8 Å². The first kappa shape index (κ1) is 13.1. The molecule has 1 aliphatic heterocycles. The molecule has 1 fully saturated rings. The van der Waals surface area contributed by atoms with E-state index < -0.39 is 6.10 Å². The molecular formula is C16H22O3. The maximum atomic E-state index is 10.4. The van der Waals surface area contributed by atoms with E-state index in [0.29, 0.717) is 5.92 Å². The summed E-state index contributed by atoms with van der Waals surface area (Å²) in [5, 5.41) is 10.4. The third-order valence-corrected chi connectivity index (χ3v) is 4.31. The predicted octanol–water partition coefficient (Wildman–Crippen LogP) is 2.48. The van der Waals surface area contributed by atoms with E-state index in [9.17, 15) is 5.11 Å². The molecule has 1 saturated heterocycles. The molecule has 0 radical (unpaired) electrons. The van der Waals surface area contributed by atoms with Crippen LogP contribution in [0.1, 0.15) is 36.5 Å². The second-order valence-corrected chi connectivity index (χ2v) is 5.61. The number of ether oxygens (including phenoxy) is 2. The monoisotopic (exact) mass is 262 g/mol. The van der Waals surface area contributed by atoms with Gasteiger partial charge in [-0.1, -0.05) is 24.3 Å². The zero-order valence-electron chi connectivity index (χ0n) is 11.3. The van der Waals surface area contributed by atoms with Crippen LogP contribution in [-0.2, 0) is 15.9 Å². The van der Waals surface area contributed by atoms with Crippen LogP contribution in [0.5, 0.6) is 0 Å². The lowest BCUT2D eigenvalue weighted by Crippen LogP contribution is -2.31. The van der Waals surface area contributed by atoms with E-state index in [-0.39, 0.29) is 6.10 Å². The van der Waals surface area contributed by atoms with Gasteiger partial charge in [-0.3, -0.25) is 0 Å². The van der Waals surface area contributed by atoms with Gasteiger partial charge in [0.25, 0.3) is 0 Å². The van der Waals surface area contributed by atoms with Gasteiger partial charge in [0, 0.05) is 13.2 Å². The van der Waals surface area contributed by atoms with Gasteiger partial charge in [-0.05, 0) is 42.7 Å². The summed E-state index contributed by atoms with van der Waals surface area (Å²) in [4.78, 5) is 0. The highest BCUT2D eigenvalue weighted by molar-refractivity contribution is 5.32. The summed E-state index contributed by atoms with van der Waals surface area (Å²) >= 11 is 0.